The lowest BCUT2D eigenvalue weighted by molar-refractivity contribution is -0.135. The Bertz CT molecular complexity index is 1230. The van der Waals surface area contributed by atoms with Crippen LogP contribution in [0.1, 0.15) is 41.8 Å². The SMILES string of the molecule is CN1C(=O)CCC(c2nc(-c3ccc(COc4ccccc4)cc3)no2)C1c1cnn(C)c1. The number of aromatic nitrogens is 4. The molecule has 3 heterocycles. The number of aryl methyl sites for hydroxylation is 1. The number of likely N-dealkylation sites (tertiary alicyclic amines) is 1. The number of ether oxygens (including phenoxy) is 1. The van der Waals surface area contributed by atoms with E-state index in [2.05, 4.69) is 10.3 Å². The van der Waals surface area contributed by atoms with Gasteiger partial charge in [0, 0.05) is 37.8 Å². The molecule has 8 nitrogen and oxygen atoms in total. The number of benzene rings is 2. The molecule has 0 spiro atoms. The van der Waals surface area contributed by atoms with Gasteiger partial charge in [0.2, 0.25) is 17.6 Å². The van der Waals surface area contributed by atoms with Gasteiger partial charge in [-0.25, -0.2) is 0 Å². The number of hydrogen-bond acceptors (Lipinski definition) is 6. The molecule has 2 aromatic carbocycles. The lowest BCUT2D eigenvalue weighted by Crippen LogP contribution is -2.39. The Hall–Kier alpha value is -3.94. The van der Waals surface area contributed by atoms with Gasteiger partial charge in [-0.2, -0.15) is 10.1 Å². The quantitative estimate of drug-likeness (QED) is 0.445. The highest BCUT2D eigenvalue weighted by Gasteiger charge is 2.39. The molecule has 0 saturated carbocycles. The average molecular weight is 444 g/mol. The van der Waals surface area contributed by atoms with E-state index in [9.17, 15) is 4.79 Å². The Labute approximate surface area is 191 Å². The number of nitrogens with zero attached hydrogens (tertiary/aromatic N) is 5. The lowest BCUT2D eigenvalue weighted by atomic mass is 9.85. The van der Waals surface area contributed by atoms with Crippen LogP contribution in [0.25, 0.3) is 11.4 Å². The highest BCUT2D eigenvalue weighted by Crippen LogP contribution is 2.41. The smallest absolute Gasteiger partial charge is 0.232 e. The summed E-state index contributed by atoms with van der Waals surface area (Å²) in [6, 6.07) is 17.5. The van der Waals surface area contributed by atoms with Crippen molar-refractivity contribution in [2.24, 2.45) is 7.05 Å². The summed E-state index contributed by atoms with van der Waals surface area (Å²) < 4.78 is 13.2. The molecule has 0 radical (unpaired) electrons. The Kier molecular flexibility index (Phi) is 5.64. The monoisotopic (exact) mass is 443 g/mol. The van der Waals surface area contributed by atoms with Crippen molar-refractivity contribution in [3.05, 3.63) is 84.0 Å². The zero-order chi connectivity index (χ0) is 22.8. The van der Waals surface area contributed by atoms with E-state index in [0.29, 0.717) is 31.2 Å². The van der Waals surface area contributed by atoms with Crippen molar-refractivity contribution < 1.29 is 14.1 Å². The first-order valence-electron chi connectivity index (χ1n) is 10.9. The van der Waals surface area contributed by atoms with E-state index in [1.807, 2.05) is 74.9 Å². The molecule has 1 aliphatic heterocycles. The topological polar surface area (TPSA) is 86.3 Å². The molecule has 168 valence electrons. The molecule has 4 aromatic rings. The first-order valence-corrected chi connectivity index (χ1v) is 10.9. The van der Waals surface area contributed by atoms with Crippen LogP contribution < -0.4 is 4.74 Å². The van der Waals surface area contributed by atoms with Crippen LogP contribution in [0.5, 0.6) is 5.75 Å². The number of para-hydroxylation sites is 1. The lowest BCUT2D eigenvalue weighted by Gasteiger charge is -2.36. The highest BCUT2D eigenvalue weighted by molar-refractivity contribution is 5.77. The van der Waals surface area contributed by atoms with Crippen molar-refractivity contribution in [2.75, 3.05) is 7.05 Å². The second-order valence-corrected chi connectivity index (χ2v) is 8.30. The predicted molar refractivity (Wildman–Crippen MR) is 121 cm³/mol. The van der Waals surface area contributed by atoms with Gasteiger partial charge in [0.1, 0.15) is 12.4 Å². The molecule has 1 saturated heterocycles. The van der Waals surface area contributed by atoms with Gasteiger partial charge in [0.25, 0.3) is 0 Å². The van der Waals surface area contributed by atoms with Crippen LogP contribution in [0.4, 0.5) is 0 Å². The van der Waals surface area contributed by atoms with Crippen molar-refractivity contribution in [3.63, 3.8) is 0 Å². The van der Waals surface area contributed by atoms with E-state index < -0.39 is 0 Å². The number of carbonyl (C=O) groups excluding carboxylic acids is 1. The summed E-state index contributed by atoms with van der Waals surface area (Å²) in [6.45, 7) is 0.483. The van der Waals surface area contributed by atoms with Gasteiger partial charge < -0.3 is 14.2 Å². The summed E-state index contributed by atoms with van der Waals surface area (Å²) in [4.78, 5) is 18.8. The van der Waals surface area contributed by atoms with Gasteiger partial charge in [0.05, 0.1) is 18.2 Å². The van der Waals surface area contributed by atoms with Crippen LogP contribution in [0, 0.1) is 0 Å². The Morgan fingerprint density at radius 2 is 1.88 bits per heavy atom. The molecule has 2 aromatic heterocycles. The minimum atomic E-state index is -0.189. The summed E-state index contributed by atoms with van der Waals surface area (Å²) in [7, 11) is 3.68. The van der Waals surface area contributed by atoms with Crippen LogP contribution in [0.3, 0.4) is 0 Å². The summed E-state index contributed by atoms with van der Waals surface area (Å²) >= 11 is 0. The second kappa shape index (κ2) is 8.90. The minimum Gasteiger partial charge on any atom is -0.489 e. The molecule has 33 heavy (non-hydrogen) atoms. The molecule has 0 N–H and O–H groups in total. The van der Waals surface area contributed by atoms with Crippen LogP contribution in [-0.4, -0.2) is 37.8 Å². The molecule has 8 heteroatoms. The van der Waals surface area contributed by atoms with Gasteiger partial charge in [-0.05, 0) is 24.1 Å². The van der Waals surface area contributed by atoms with E-state index in [0.717, 1.165) is 22.4 Å². The number of carbonyl (C=O) groups is 1. The van der Waals surface area contributed by atoms with E-state index in [4.69, 9.17) is 14.2 Å². The number of likely N-dealkylation sites (N-methyl/N-ethyl adjacent to an activating group) is 1. The Balaban J connectivity index is 1.33. The van der Waals surface area contributed by atoms with Gasteiger partial charge in [-0.1, -0.05) is 47.6 Å². The normalized spacial score (nSPS) is 18.5. The third kappa shape index (κ3) is 4.37. The average Bonchev–Trinajstić information content (AvgIpc) is 3.50. The maximum atomic E-state index is 12.4. The molecule has 2 atom stereocenters. The van der Waals surface area contributed by atoms with Crippen LogP contribution >= 0.6 is 0 Å². The van der Waals surface area contributed by atoms with Crippen molar-refractivity contribution in [3.8, 4) is 17.1 Å². The van der Waals surface area contributed by atoms with Crippen molar-refractivity contribution in [2.45, 2.75) is 31.4 Å². The van der Waals surface area contributed by atoms with Crippen LogP contribution in [0.15, 0.2) is 71.5 Å². The largest absolute Gasteiger partial charge is 0.489 e. The molecule has 0 bridgehead atoms. The molecule has 1 amide bonds. The third-order valence-corrected chi connectivity index (χ3v) is 6.05. The molecule has 0 aliphatic carbocycles. The fourth-order valence-corrected chi connectivity index (χ4v) is 4.28. The molecule has 2 unspecified atom stereocenters. The maximum absolute atomic E-state index is 12.4. The van der Waals surface area contributed by atoms with E-state index in [1.54, 1.807) is 15.8 Å². The van der Waals surface area contributed by atoms with Gasteiger partial charge in [0.15, 0.2) is 0 Å². The number of hydrogen-bond donors (Lipinski definition) is 0. The first kappa shape index (κ1) is 20.9. The van der Waals surface area contributed by atoms with E-state index in [-0.39, 0.29) is 17.9 Å². The summed E-state index contributed by atoms with van der Waals surface area (Å²) in [5, 5.41) is 8.50. The summed E-state index contributed by atoms with van der Waals surface area (Å²) in [6.07, 6.45) is 4.83. The first-order chi connectivity index (χ1) is 16.1. The molecular weight excluding hydrogens is 418 g/mol. The van der Waals surface area contributed by atoms with Gasteiger partial charge in [-0.3, -0.25) is 9.48 Å². The fraction of sp³-hybridized carbons (Fsp3) is 0.280. The van der Waals surface area contributed by atoms with E-state index in [1.165, 1.54) is 0 Å². The number of piperidine rings is 1. The fourth-order valence-electron chi connectivity index (χ4n) is 4.28. The zero-order valence-electron chi connectivity index (χ0n) is 18.6. The van der Waals surface area contributed by atoms with Gasteiger partial charge in [-0.15, -0.1) is 0 Å². The second-order valence-electron chi connectivity index (χ2n) is 8.30. The number of rotatable bonds is 6. The molecular formula is C25H25N5O3. The molecule has 1 fully saturated rings. The standard InChI is InChI=1S/C25H25N5O3/c1-29-15-19(14-26-29)23-21(12-13-22(31)30(23)2)25-27-24(28-33-25)18-10-8-17(9-11-18)16-32-20-6-4-3-5-7-20/h3-11,14-15,21,23H,12-13,16H2,1-2H3. The molecule has 1 aliphatic rings. The Morgan fingerprint density at radius 1 is 1.09 bits per heavy atom. The predicted octanol–water partition coefficient (Wildman–Crippen LogP) is 4.13. The summed E-state index contributed by atoms with van der Waals surface area (Å²) in [5.41, 5.74) is 2.88. The van der Waals surface area contributed by atoms with Crippen molar-refractivity contribution in [1.82, 2.24) is 24.8 Å². The summed E-state index contributed by atoms with van der Waals surface area (Å²) in [5.74, 6) is 1.92. The highest BCUT2D eigenvalue weighted by atomic mass is 16.5. The minimum absolute atomic E-state index is 0.0864. The zero-order valence-corrected chi connectivity index (χ0v) is 18.6. The maximum Gasteiger partial charge on any atom is 0.232 e. The van der Waals surface area contributed by atoms with Crippen LogP contribution in [-0.2, 0) is 18.4 Å². The van der Waals surface area contributed by atoms with Crippen molar-refractivity contribution in [1.29, 1.82) is 0 Å². The van der Waals surface area contributed by atoms with E-state index >= 15 is 0 Å². The Morgan fingerprint density at radius 3 is 2.61 bits per heavy atom. The van der Waals surface area contributed by atoms with Gasteiger partial charge >= 0.3 is 0 Å². The molecule has 5 rings (SSSR count). The number of amides is 1. The van der Waals surface area contributed by atoms with Crippen molar-refractivity contribution >= 4 is 5.91 Å². The van der Waals surface area contributed by atoms with Crippen LogP contribution in [0.2, 0.25) is 0 Å². The third-order valence-electron chi connectivity index (χ3n) is 6.05.